The van der Waals surface area contributed by atoms with E-state index in [4.69, 9.17) is 42.2 Å². The van der Waals surface area contributed by atoms with Gasteiger partial charge in [0.25, 0.3) is 0 Å². The maximum absolute atomic E-state index is 14.3. The van der Waals surface area contributed by atoms with Crippen molar-refractivity contribution >= 4 is 25.7 Å². The number of phosphoric acid groups is 1. The van der Waals surface area contributed by atoms with Crippen molar-refractivity contribution in [3.8, 4) is 0 Å². The van der Waals surface area contributed by atoms with Gasteiger partial charge in [0.2, 0.25) is 0 Å². The molecule has 3 fully saturated rings. The molecule has 0 spiro atoms. The highest BCUT2D eigenvalue weighted by molar-refractivity contribution is 7.47. The Balaban J connectivity index is 1.76. The zero-order valence-electron chi connectivity index (χ0n) is 58.1. The zero-order chi connectivity index (χ0) is 69.8. The van der Waals surface area contributed by atoms with Crippen molar-refractivity contribution in [2.24, 2.45) is 5.92 Å². The Morgan fingerprint density at radius 1 is 0.432 bits per heavy atom. The molecule has 2 aliphatic heterocycles. The molecule has 19 atom stereocenters. The summed E-state index contributed by atoms with van der Waals surface area (Å²) in [6.07, 6.45) is 7.38. The van der Waals surface area contributed by atoms with Crippen LogP contribution in [0.1, 0.15) is 278 Å². The van der Waals surface area contributed by atoms with Gasteiger partial charge < -0.3 is 89.1 Å². The molecule has 3 aliphatic rings. The number of carbonyl (C=O) groups excluding carboxylic acids is 3. The fraction of sp³-hybridized carbons (Fsp3) is 0.929. The summed E-state index contributed by atoms with van der Waals surface area (Å²) < 4.78 is 64.9. The Kier molecular flexibility index (Phi) is 47.4. The maximum Gasteiger partial charge on any atom is 0.472 e. The van der Waals surface area contributed by atoms with Crippen LogP contribution in [0.4, 0.5) is 0 Å². The van der Waals surface area contributed by atoms with Gasteiger partial charge in [0, 0.05) is 19.3 Å². The molecule has 95 heavy (non-hydrogen) atoms. The number of hydrogen-bond donors (Lipinski definition) is 11. The standard InChI is InChI=1S/C70H129O24P/c1-5-8-11-14-17-19-21-22-24-26-28-35-40-45-56(74)89-51(47-86-54(72)43-38-34-30-29-32-37-42-50(4)41-36-31-16-13-10-7-3)48-88-95(84,85)94-68-66(92-69-64(82)59(77)57(75)52(46-71)90-69)62(80)61(79)63(81)67(68)93-70-65(83)60(78)58(76)53(91-70)49-87-55(73)44-39-33-27-25-23-20-18-15-12-9-6-2/h22,24,50-53,57-71,75-83H,5-21,23,25-49H2,1-4H3,(H,84,85)/b24-22-. The number of unbranched alkanes of at least 4 members (excludes halogenated alkanes) is 29. The molecule has 19 unspecified atom stereocenters. The van der Waals surface area contributed by atoms with Crippen molar-refractivity contribution in [2.45, 2.75) is 382 Å². The number of esters is 3. The smallest absolute Gasteiger partial charge is 0.463 e. The van der Waals surface area contributed by atoms with Crippen molar-refractivity contribution < 1.29 is 117 Å². The van der Waals surface area contributed by atoms with E-state index < -0.39 is 156 Å². The molecule has 2 saturated heterocycles. The first-order valence-electron chi connectivity index (χ1n) is 36.9. The Labute approximate surface area is 567 Å². The first-order chi connectivity index (χ1) is 45.7. The van der Waals surface area contributed by atoms with Gasteiger partial charge in [-0.3, -0.25) is 23.4 Å². The third kappa shape index (κ3) is 35.7. The molecule has 1 aliphatic carbocycles. The molecule has 0 amide bonds. The van der Waals surface area contributed by atoms with Gasteiger partial charge in [0.1, 0.15) is 98.7 Å². The van der Waals surface area contributed by atoms with Crippen molar-refractivity contribution in [1.82, 2.24) is 0 Å². The maximum atomic E-state index is 14.3. The van der Waals surface area contributed by atoms with E-state index >= 15 is 0 Å². The van der Waals surface area contributed by atoms with E-state index in [1.807, 2.05) is 0 Å². The van der Waals surface area contributed by atoms with Crippen molar-refractivity contribution in [1.29, 1.82) is 0 Å². The molecule has 3 rings (SSSR count). The molecule has 11 N–H and O–H groups in total. The first-order valence-corrected chi connectivity index (χ1v) is 38.4. The van der Waals surface area contributed by atoms with Crippen LogP contribution in [0.3, 0.4) is 0 Å². The van der Waals surface area contributed by atoms with Crippen LogP contribution in [0.25, 0.3) is 0 Å². The van der Waals surface area contributed by atoms with E-state index in [0.29, 0.717) is 31.6 Å². The predicted molar refractivity (Wildman–Crippen MR) is 356 cm³/mol. The Morgan fingerprint density at radius 2 is 0.800 bits per heavy atom. The van der Waals surface area contributed by atoms with E-state index in [9.17, 15) is 74.9 Å². The molecule has 24 nitrogen and oxygen atoms in total. The van der Waals surface area contributed by atoms with Gasteiger partial charge in [0.05, 0.1) is 13.2 Å². The van der Waals surface area contributed by atoms with Crippen LogP contribution in [0.2, 0.25) is 0 Å². The molecular formula is C70H129O24P. The van der Waals surface area contributed by atoms with Crippen LogP contribution in [0.5, 0.6) is 0 Å². The minimum Gasteiger partial charge on any atom is -0.463 e. The van der Waals surface area contributed by atoms with Crippen LogP contribution in [-0.2, 0) is 61.2 Å². The van der Waals surface area contributed by atoms with Gasteiger partial charge in [0.15, 0.2) is 18.7 Å². The summed E-state index contributed by atoms with van der Waals surface area (Å²) in [5.41, 5.74) is 0. The third-order valence-corrected chi connectivity index (χ3v) is 19.4. The largest absolute Gasteiger partial charge is 0.472 e. The summed E-state index contributed by atoms with van der Waals surface area (Å²) in [4.78, 5) is 50.9. The summed E-state index contributed by atoms with van der Waals surface area (Å²) in [5, 5.41) is 110. The van der Waals surface area contributed by atoms with Crippen molar-refractivity contribution in [2.75, 3.05) is 26.4 Å². The van der Waals surface area contributed by atoms with Gasteiger partial charge in [-0.15, -0.1) is 0 Å². The number of aliphatic hydroxyl groups is 10. The second-order valence-electron chi connectivity index (χ2n) is 26.9. The normalized spacial score (nSPS) is 28.5. The van der Waals surface area contributed by atoms with Crippen LogP contribution < -0.4 is 0 Å². The van der Waals surface area contributed by atoms with Crippen molar-refractivity contribution in [3.05, 3.63) is 12.2 Å². The summed E-state index contributed by atoms with van der Waals surface area (Å²) in [5.74, 6) is -1.31. The third-order valence-electron chi connectivity index (χ3n) is 18.4. The monoisotopic (exact) mass is 1380 g/mol. The first kappa shape index (κ1) is 86.9. The summed E-state index contributed by atoms with van der Waals surface area (Å²) in [7, 11) is -5.70. The van der Waals surface area contributed by atoms with Crippen LogP contribution >= 0.6 is 7.82 Å². The topological polar surface area (TPSA) is 374 Å². The second-order valence-corrected chi connectivity index (χ2v) is 28.3. The van der Waals surface area contributed by atoms with E-state index in [-0.39, 0.29) is 19.3 Å². The van der Waals surface area contributed by atoms with E-state index in [1.165, 1.54) is 116 Å². The molecule has 0 bridgehead atoms. The molecule has 558 valence electrons. The van der Waals surface area contributed by atoms with Crippen LogP contribution in [-0.4, -0.2) is 204 Å². The number of carbonyl (C=O) groups is 3. The average Bonchev–Trinajstić information content (AvgIpc) is 0.764. The van der Waals surface area contributed by atoms with Gasteiger partial charge in [-0.25, -0.2) is 4.57 Å². The number of phosphoric ester groups is 1. The van der Waals surface area contributed by atoms with Crippen molar-refractivity contribution in [3.63, 3.8) is 0 Å². The molecule has 0 aromatic rings. The minimum atomic E-state index is -5.70. The number of ether oxygens (including phenoxy) is 7. The fourth-order valence-electron chi connectivity index (χ4n) is 12.3. The molecule has 0 aromatic heterocycles. The lowest BCUT2D eigenvalue weighted by atomic mass is 9.84. The molecule has 25 heteroatoms. The van der Waals surface area contributed by atoms with Gasteiger partial charge in [-0.05, 0) is 50.9 Å². The van der Waals surface area contributed by atoms with E-state index in [1.54, 1.807) is 0 Å². The molecule has 2 heterocycles. The fourth-order valence-corrected chi connectivity index (χ4v) is 13.3. The van der Waals surface area contributed by atoms with E-state index in [0.717, 1.165) is 89.9 Å². The van der Waals surface area contributed by atoms with Gasteiger partial charge in [-0.1, -0.05) is 226 Å². The highest BCUT2D eigenvalue weighted by Crippen LogP contribution is 2.49. The van der Waals surface area contributed by atoms with Gasteiger partial charge in [-0.2, -0.15) is 0 Å². The average molecular weight is 1390 g/mol. The summed E-state index contributed by atoms with van der Waals surface area (Å²) in [6, 6.07) is 0. The SMILES string of the molecule is CCCCCCCC/C=C\CCCCCC(=O)OC(COC(=O)CCCCCCCCC(C)CCCCCCCC)COP(=O)(O)OC1C(OC2OC(CO)C(O)C(O)C2O)C(O)C(O)C(O)C1OC1OC(COC(=O)CCCCCCCCCCCCC)C(O)C(O)C1O. The molecular weight excluding hydrogens is 1260 g/mol. The summed E-state index contributed by atoms with van der Waals surface area (Å²) in [6.45, 7) is 5.72. The Hall–Kier alpha value is -2.30. The number of aliphatic hydroxyl groups excluding tert-OH is 10. The number of hydrogen-bond acceptors (Lipinski definition) is 23. The number of allylic oxidation sites excluding steroid dienone is 2. The van der Waals surface area contributed by atoms with E-state index in [2.05, 4.69) is 39.8 Å². The summed E-state index contributed by atoms with van der Waals surface area (Å²) >= 11 is 0. The predicted octanol–water partition coefficient (Wildman–Crippen LogP) is 9.43. The lowest BCUT2D eigenvalue weighted by molar-refractivity contribution is -0.360. The molecule has 0 radical (unpaired) electrons. The Bertz CT molecular complexity index is 2040. The van der Waals surface area contributed by atoms with Crippen LogP contribution in [0, 0.1) is 5.92 Å². The lowest BCUT2D eigenvalue weighted by Gasteiger charge is -2.49. The number of rotatable bonds is 56. The zero-order valence-corrected chi connectivity index (χ0v) is 59.0. The van der Waals surface area contributed by atoms with Gasteiger partial charge >= 0.3 is 25.7 Å². The minimum absolute atomic E-state index is 0.0305. The highest BCUT2D eigenvalue weighted by Gasteiger charge is 2.58. The quantitative estimate of drug-likeness (QED) is 0.00887. The lowest BCUT2D eigenvalue weighted by Crippen LogP contribution is -2.69. The highest BCUT2D eigenvalue weighted by atomic mass is 31.2. The second kappa shape index (κ2) is 51.8. The molecule has 1 saturated carbocycles. The molecule has 0 aromatic carbocycles. The van der Waals surface area contributed by atoms with Crippen LogP contribution in [0.15, 0.2) is 12.2 Å². The Morgan fingerprint density at radius 3 is 1.25 bits per heavy atom.